The molecule has 1 fully saturated rings. The molecule has 1 saturated carbocycles. The molecule has 0 saturated heterocycles. The molecule has 0 aromatic heterocycles. The van der Waals surface area contributed by atoms with Crippen LogP contribution in [0.25, 0.3) is 0 Å². The Bertz CT molecular complexity index is 381. The van der Waals surface area contributed by atoms with Gasteiger partial charge in [0.1, 0.15) is 0 Å². The first-order valence-corrected chi connectivity index (χ1v) is 9.04. The summed E-state index contributed by atoms with van der Waals surface area (Å²) < 4.78 is 12.1. The summed E-state index contributed by atoms with van der Waals surface area (Å²) in [4.78, 5) is 23.6. The van der Waals surface area contributed by atoms with E-state index in [9.17, 15) is 19.5 Å². The van der Waals surface area contributed by atoms with Crippen molar-refractivity contribution in [1.29, 1.82) is 0 Å². The topological polar surface area (TPSA) is 107 Å². The van der Waals surface area contributed by atoms with Gasteiger partial charge >= 0.3 is 0 Å². The third kappa shape index (κ3) is 4.82. The summed E-state index contributed by atoms with van der Waals surface area (Å²) in [6.07, 6.45) is 3.07. The van der Waals surface area contributed by atoms with Crippen molar-refractivity contribution in [1.82, 2.24) is 9.96 Å². The highest BCUT2D eigenvalue weighted by Gasteiger charge is 2.40. The molecule has 1 amide bonds. The van der Waals surface area contributed by atoms with Gasteiger partial charge in [0.25, 0.3) is 5.91 Å². The van der Waals surface area contributed by atoms with Crippen LogP contribution >= 0.6 is 7.37 Å². The van der Waals surface area contributed by atoms with Gasteiger partial charge in [-0.15, -0.1) is 0 Å². The molecule has 4 N–H and O–H groups in total. The van der Waals surface area contributed by atoms with Crippen LogP contribution in [0.5, 0.6) is 0 Å². The first kappa shape index (κ1) is 17.6. The van der Waals surface area contributed by atoms with Gasteiger partial charge in [-0.2, -0.15) is 0 Å². The standard InChI is InChI=1S/C12H26N3O4P/c1-14(10(6-7-13)12(16)15(2)17)11(20(3,18)19)8-9-4-5-9/h9-11,17H,4-8,13H2,1-3H3,(H,18,19). The van der Waals surface area contributed by atoms with Gasteiger partial charge in [0.2, 0.25) is 7.37 Å². The maximum absolute atomic E-state index is 12.1. The van der Waals surface area contributed by atoms with Crippen LogP contribution < -0.4 is 5.73 Å². The second-order valence-corrected chi connectivity index (χ2v) is 8.21. The fraction of sp³-hybridized carbons (Fsp3) is 0.917. The summed E-state index contributed by atoms with van der Waals surface area (Å²) in [7, 11) is -0.457. The Hall–Kier alpha value is -0.460. The van der Waals surface area contributed by atoms with Crippen LogP contribution in [0.2, 0.25) is 0 Å². The maximum Gasteiger partial charge on any atom is 0.263 e. The molecule has 8 heteroatoms. The Balaban J connectivity index is 2.89. The zero-order valence-electron chi connectivity index (χ0n) is 12.4. The molecule has 118 valence electrons. The van der Waals surface area contributed by atoms with Crippen molar-refractivity contribution in [2.45, 2.75) is 37.5 Å². The van der Waals surface area contributed by atoms with Crippen LogP contribution in [-0.4, -0.2) is 65.1 Å². The molecule has 0 bridgehead atoms. The van der Waals surface area contributed by atoms with Crippen molar-refractivity contribution in [3.05, 3.63) is 0 Å². The van der Waals surface area contributed by atoms with Crippen LogP contribution in [0.1, 0.15) is 25.7 Å². The van der Waals surface area contributed by atoms with Crippen molar-refractivity contribution in [3.8, 4) is 0 Å². The number of hydrogen-bond acceptors (Lipinski definition) is 5. The lowest BCUT2D eigenvalue weighted by Crippen LogP contribution is -2.50. The third-order valence-electron chi connectivity index (χ3n) is 3.80. The Labute approximate surface area is 120 Å². The third-order valence-corrected chi connectivity index (χ3v) is 5.48. The molecule has 3 atom stereocenters. The van der Waals surface area contributed by atoms with Gasteiger partial charge in [0.15, 0.2) is 0 Å². The van der Waals surface area contributed by atoms with E-state index in [1.54, 1.807) is 11.9 Å². The van der Waals surface area contributed by atoms with Gasteiger partial charge in [-0.1, -0.05) is 12.8 Å². The molecule has 0 aliphatic heterocycles. The molecule has 0 heterocycles. The molecule has 1 aliphatic rings. The van der Waals surface area contributed by atoms with E-state index in [2.05, 4.69) is 0 Å². The van der Waals surface area contributed by atoms with Crippen LogP contribution in [0.3, 0.4) is 0 Å². The lowest BCUT2D eigenvalue weighted by atomic mass is 10.1. The quantitative estimate of drug-likeness (QED) is 0.343. The van der Waals surface area contributed by atoms with Crippen LogP contribution in [0.15, 0.2) is 0 Å². The van der Waals surface area contributed by atoms with E-state index >= 15 is 0 Å². The highest BCUT2D eigenvalue weighted by atomic mass is 31.2. The number of nitrogens with two attached hydrogens (primary N) is 1. The summed E-state index contributed by atoms with van der Waals surface area (Å²) in [6.45, 7) is 1.59. The number of rotatable bonds is 8. The summed E-state index contributed by atoms with van der Waals surface area (Å²) >= 11 is 0. The number of amides is 1. The Kier molecular flexibility index (Phi) is 6.16. The highest BCUT2D eigenvalue weighted by molar-refractivity contribution is 7.57. The summed E-state index contributed by atoms with van der Waals surface area (Å²) in [5.74, 6) is -0.619. The highest BCUT2D eigenvalue weighted by Crippen LogP contribution is 2.50. The van der Waals surface area contributed by atoms with E-state index in [0.717, 1.165) is 12.8 Å². The van der Waals surface area contributed by atoms with Crippen molar-refractivity contribution >= 4 is 13.3 Å². The zero-order valence-corrected chi connectivity index (χ0v) is 13.3. The van der Waals surface area contributed by atoms with E-state index in [1.807, 2.05) is 0 Å². The molecule has 7 nitrogen and oxygen atoms in total. The van der Waals surface area contributed by atoms with Crippen molar-refractivity contribution in [3.63, 3.8) is 0 Å². The lowest BCUT2D eigenvalue weighted by Gasteiger charge is -2.36. The average molecular weight is 307 g/mol. The zero-order chi connectivity index (χ0) is 15.5. The fourth-order valence-corrected chi connectivity index (χ4v) is 3.96. The SMILES string of the molecule is CN(O)C(=O)C(CCN)N(C)C(CC1CC1)P(C)(=O)O. The minimum absolute atomic E-state index is 0.268. The van der Waals surface area contributed by atoms with Gasteiger partial charge in [0.05, 0.1) is 11.8 Å². The molecule has 3 unspecified atom stereocenters. The van der Waals surface area contributed by atoms with Crippen molar-refractivity contribution in [2.24, 2.45) is 11.7 Å². The predicted octanol–water partition coefficient (Wildman–Crippen LogP) is 0.510. The summed E-state index contributed by atoms with van der Waals surface area (Å²) in [6, 6.07) is -0.681. The number of hydroxylamine groups is 2. The maximum atomic E-state index is 12.1. The smallest absolute Gasteiger partial charge is 0.263 e. The monoisotopic (exact) mass is 307 g/mol. The van der Waals surface area contributed by atoms with E-state index < -0.39 is 25.1 Å². The second kappa shape index (κ2) is 7.00. The number of nitrogens with zero attached hydrogens (tertiary/aromatic N) is 2. The van der Waals surface area contributed by atoms with Gasteiger partial charge in [-0.05, 0) is 32.4 Å². The van der Waals surface area contributed by atoms with E-state index in [0.29, 0.717) is 23.8 Å². The average Bonchev–Trinajstić information content (AvgIpc) is 3.13. The lowest BCUT2D eigenvalue weighted by molar-refractivity contribution is -0.165. The summed E-state index contributed by atoms with van der Waals surface area (Å²) in [5.41, 5.74) is 5.52. The molecular formula is C12H26N3O4P. The molecule has 0 aromatic rings. The molecule has 0 radical (unpaired) electrons. The van der Waals surface area contributed by atoms with Crippen molar-refractivity contribution in [2.75, 3.05) is 27.3 Å². The van der Waals surface area contributed by atoms with Crippen molar-refractivity contribution < 1.29 is 19.5 Å². The van der Waals surface area contributed by atoms with Crippen LogP contribution in [0.4, 0.5) is 0 Å². The van der Waals surface area contributed by atoms with Gasteiger partial charge in [-0.3, -0.25) is 19.5 Å². The molecule has 0 aromatic carbocycles. The van der Waals surface area contributed by atoms with Gasteiger partial charge in [-0.25, -0.2) is 5.06 Å². The first-order valence-electron chi connectivity index (χ1n) is 6.86. The van der Waals surface area contributed by atoms with Crippen LogP contribution in [0, 0.1) is 5.92 Å². The minimum atomic E-state index is -3.36. The largest absolute Gasteiger partial charge is 0.343 e. The van der Waals surface area contributed by atoms with E-state index in [4.69, 9.17) is 5.73 Å². The second-order valence-electron chi connectivity index (χ2n) is 5.72. The predicted molar refractivity (Wildman–Crippen MR) is 76.7 cm³/mol. The number of carbonyl (C=O) groups is 1. The Morgan fingerprint density at radius 2 is 2.00 bits per heavy atom. The number of carbonyl (C=O) groups excluding carboxylic acids is 1. The molecule has 1 aliphatic carbocycles. The number of likely N-dealkylation sites (N-methyl/N-ethyl adjacent to an activating group) is 2. The first-order chi connectivity index (χ1) is 9.18. The Morgan fingerprint density at radius 3 is 2.35 bits per heavy atom. The molecule has 1 rings (SSSR count). The van der Waals surface area contributed by atoms with Gasteiger partial charge in [0, 0.05) is 13.7 Å². The van der Waals surface area contributed by atoms with E-state index in [1.165, 1.54) is 13.7 Å². The Morgan fingerprint density at radius 1 is 1.45 bits per heavy atom. The van der Waals surface area contributed by atoms with Crippen LogP contribution in [-0.2, 0) is 9.36 Å². The summed E-state index contributed by atoms with van der Waals surface area (Å²) in [5, 5.41) is 9.85. The minimum Gasteiger partial charge on any atom is -0.343 e. The van der Waals surface area contributed by atoms with Gasteiger partial charge < -0.3 is 10.6 Å². The van der Waals surface area contributed by atoms with E-state index in [-0.39, 0.29) is 6.54 Å². The number of hydrogen-bond donors (Lipinski definition) is 3. The normalized spacial score (nSPS) is 21.4. The molecular weight excluding hydrogens is 281 g/mol. The molecule has 0 spiro atoms. The fourth-order valence-electron chi connectivity index (χ4n) is 2.43. The molecule has 20 heavy (non-hydrogen) atoms.